The fourth-order valence-electron chi connectivity index (χ4n) is 1.72. The second-order valence-electron chi connectivity index (χ2n) is 4.91. The van der Waals surface area contributed by atoms with E-state index in [-0.39, 0.29) is 0 Å². The molecule has 1 heterocycles. The van der Waals surface area contributed by atoms with Gasteiger partial charge in [-0.05, 0) is 31.3 Å². The maximum atomic E-state index is 4.13. The number of rotatable bonds is 7. The second kappa shape index (κ2) is 6.63. The molecule has 0 spiro atoms. The summed E-state index contributed by atoms with van der Waals surface area (Å²) in [7, 11) is 1.91. The van der Waals surface area contributed by atoms with E-state index < -0.39 is 0 Å². The van der Waals surface area contributed by atoms with Crippen molar-refractivity contribution >= 4 is 0 Å². The summed E-state index contributed by atoms with van der Waals surface area (Å²) >= 11 is 0. The van der Waals surface area contributed by atoms with E-state index in [9.17, 15) is 0 Å². The van der Waals surface area contributed by atoms with E-state index >= 15 is 0 Å². The van der Waals surface area contributed by atoms with Crippen LogP contribution in [0.25, 0.3) is 0 Å². The van der Waals surface area contributed by atoms with Gasteiger partial charge in [-0.15, -0.1) is 5.10 Å². The summed E-state index contributed by atoms with van der Waals surface area (Å²) in [4.78, 5) is 0. The van der Waals surface area contributed by atoms with E-state index in [1.807, 2.05) is 13.2 Å². The normalized spacial score (nSPS) is 13.3. The van der Waals surface area contributed by atoms with Crippen molar-refractivity contribution in [2.45, 2.75) is 33.6 Å². The number of hydrogen-bond acceptors (Lipinski definition) is 3. The van der Waals surface area contributed by atoms with Gasteiger partial charge in [0.1, 0.15) is 0 Å². The smallest absolute Gasteiger partial charge is 0.0830 e. The Morgan fingerprint density at radius 3 is 2.62 bits per heavy atom. The standard InChI is InChI=1S/C12H24N4/c1-5-11(8-13-7-10(2)3)6-12-9-16(4)15-14-12/h9-11,13H,5-8H2,1-4H3. The zero-order valence-corrected chi connectivity index (χ0v) is 10.9. The Kier molecular flexibility index (Phi) is 5.46. The van der Waals surface area contributed by atoms with Crippen molar-refractivity contribution in [3.63, 3.8) is 0 Å². The lowest BCUT2D eigenvalue weighted by Gasteiger charge is -2.15. The molecule has 1 aromatic heterocycles. The van der Waals surface area contributed by atoms with Crippen LogP contribution in [0.1, 0.15) is 32.9 Å². The van der Waals surface area contributed by atoms with E-state index in [1.165, 1.54) is 6.42 Å². The van der Waals surface area contributed by atoms with Crippen LogP contribution in [0.15, 0.2) is 6.20 Å². The Morgan fingerprint density at radius 1 is 1.38 bits per heavy atom. The van der Waals surface area contributed by atoms with E-state index in [4.69, 9.17) is 0 Å². The highest BCUT2D eigenvalue weighted by Crippen LogP contribution is 2.08. The van der Waals surface area contributed by atoms with Gasteiger partial charge in [0, 0.05) is 13.2 Å². The lowest BCUT2D eigenvalue weighted by molar-refractivity contribution is 0.434. The Bertz CT molecular complexity index is 293. The molecule has 0 amide bonds. The lowest BCUT2D eigenvalue weighted by atomic mass is 10.0. The summed E-state index contributed by atoms with van der Waals surface area (Å²) < 4.78 is 1.77. The molecule has 0 aliphatic heterocycles. The van der Waals surface area contributed by atoms with Crippen LogP contribution in [0.4, 0.5) is 0 Å². The van der Waals surface area contributed by atoms with Gasteiger partial charge in [0.25, 0.3) is 0 Å². The predicted octanol–water partition coefficient (Wildman–Crippen LogP) is 1.63. The molecule has 0 radical (unpaired) electrons. The van der Waals surface area contributed by atoms with Crippen LogP contribution in [0.5, 0.6) is 0 Å². The van der Waals surface area contributed by atoms with Crippen molar-refractivity contribution in [1.29, 1.82) is 0 Å². The van der Waals surface area contributed by atoms with Crippen LogP contribution in [0, 0.1) is 11.8 Å². The first-order valence-corrected chi connectivity index (χ1v) is 6.17. The van der Waals surface area contributed by atoms with Gasteiger partial charge in [0.2, 0.25) is 0 Å². The number of aryl methyl sites for hydroxylation is 1. The van der Waals surface area contributed by atoms with Gasteiger partial charge in [0.05, 0.1) is 5.69 Å². The molecule has 1 unspecified atom stereocenters. The molecule has 1 rings (SSSR count). The SMILES string of the molecule is CCC(CNCC(C)C)Cc1cn(C)nn1. The second-order valence-corrected chi connectivity index (χ2v) is 4.91. The molecular weight excluding hydrogens is 200 g/mol. The molecule has 0 aliphatic carbocycles. The topological polar surface area (TPSA) is 42.7 Å². The molecule has 1 atom stereocenters. The maximum Gasteiger partial charge on any atom is 0.0830 e. The summed E-state index contributed by atoms with van der Waals surface area (Å²) in [6.45, 7) is 8.87. The molecule has 92 valence electrons. The first kappa shape index (κ1) is 13.2. The van der Waals surface area contributed by atoms with Crippen LogP contribution in [0.2, 0.25) is 0 Å². The lowest BCUT2D eigenvalue weighted by Crippen LogP contribution is -2.27. The first-order chi connectivity index (χ1) is 7.61. The molecule has 0 saturated carbocycles. The van der Waals surface area contributed by atoms with Crippen molar-refractivity contribution in [1.82, 2.24) is 20.3 Å². The summed E-state index contributed by atoms with van der Waals surface area (Å²) in [5, 5.41) is 11.6. The number of nitrogens with one attached hydrogen (secondary N) is 1. The summed E-state index contributed by atoms with van der Waals surface area (Å²) in [5.74, 6) is 1.38. The Hall–Kier alpha value is -0.900. The van der Waals surface area contributed by atoms with Crippen LogP contribution in [0.3, 0.4) is 0 Å². The number of aromatic nitrogens is 3. The van der Waals surface area contributed by atoms with Gasteiger partial charge in [-0.2, -0.15) is 0 Å². The van der Waals surface area contributed by atoms with E-state index in [0.717, 1.165) is 25.2 Å². The predicted molar refractivity (Wildman–Crippen MR) is 66.2 cm³/mol. The van der Waals surface area contributed by atoms with Gasteiger partial charge in [0.15, 0.2) is 0 Å². The van der Waals surface area contributed by atoms with Gasteiger partial charge in [-0.1, -0.05) is 32.4 Å². The average molecular weight is 224 g/mol. The Morgan fingerprint density at radius 2 is 2.12 bits per heavy atom. The van der Waals surface area contributed by atoms with Gasteiger partial charge in [-0.25, -0.2) is 0 Å². The van der Waals surface area contributed by atoms with Crippen molar-refractivity contribution in [2.75, 3.05) is 13.1 Å². The third-order valence-electron chi connectivity index (χ3n) is 2.71. The molecule has 1 N–H and O–H groups in total. The summed E-state index contributed by atoms with van der Waals surface area (Å²) in [6.07, 6.45) is 4.21. The minimum absolute atomic E-state index is 0.662. The summed E-state index contributed by atoms with van der Waals surface area (Å²) in [5.41, 5.74) is 1.10. The summed E-state index contributed by atoms with van der Waals surface area (Å²) in [6, 6.07) is 0. The van der Waals surface area contributed by atoms with Crippen molar-refractivity contribution in [3.8, 4) is 0 Å². The Balaban J connectivity index is 2.31. The van der Waals surface area contributed by atoms with Crippen LogP contribution >= 0.6 is 0 Å². The van der Waals surface area contributed by atoms with Gasteiger partial charge < -0.3 is 5.32 Å². The maximum absolute atomic E-state index is 4.13. The highest BCUT2D eigenvalue weighted by atomic mass is 15.4. The largest absolute Gasteiger partial charge is 0.316 e. The molecule has 1 aromatic rings. The molecule has 16 heavy (non-hydrogen) atoms. The highest BCUT2D eigenvalue weighted by Gasteiger charge is 2.09. The minimum Gasteiger partial charge on any atom is -0.316 e. The molecular formula is C12H24N4. The Labute approximate surface area is 98.4 Å². The monoisotopic (exact) mass is 224 g/mol. The van der Waals surface area contributed by atoms with Crippen LogP contribution < -0.4 is 5.32 Å². The molecule has 0 fully saturated rings. The average Bonchev–Trinajstić information content (AvgIpc) is 2.62. The van der Waals surface area contributed by atoms with E-state index in [1.54, 1.807) is 4.68 Å². The quantitative estimate of drug-likeness (QED) is 0.765. The van der Waals surface area contributed by atoms with Gasteiger partial charge >= 0.3 is 0 Å². The van der Waals surface area contributed by atoms with Crippen molar-refractivity contribution < 1.29 is 0 Å². The molecule has 0 bridgehead atoms. The zero-order chi connectivity index (χ0) is 12.0. The fraction of sp³-hybridized carbons (Fsp3) is 0.833. The molecule has 0 saturated heterocycles. The highest BCUT2D eigenvalue weighted by molar-refractivity contribution is 4.94. The first-order valence-electron chi connectivity index (χ1n) is 6.17. The van der Waals surface area contributed by atoms with E-state index in [2.05, 4.69) is 36.4 Å². The van der Waals surface area contributed by atoms with Gasteiger partial charge in [-0.3, -0.25) is 4.68 Å². The molecule has 4 nitrogen and oxygen atoms in total. The van der Waals surface area contributed by atoms with Crippen LogP contribution in [-0.4, -0.2) is 28.1 Å². The third-order valence-corrected chi connectivity index (χ3v) is 2.71. The third kappa shape index (κ3) is 4.75. The van der Waals surface area contributed by atoms with E-state index in [0.29, 0.717) is 11.8 Å². The number of nitrogens with zero attached hydrogens (tertiary/aromatic N) is 3. The molecule has 0 aromatic carbocycles. The van der Waals surface area contributed by atoms with Crippen molar-refractivity contribution in [3.05, 3.63) is 11.9 Å². The number of hydrogen-bond donors (Lipinski definition) is 1. The minimum atomic E-state index is 0.662. The molecule has 4 heteroatoms. The van der Waals surface area contributed by atoms with Crippen molar-refractivity contribution in [2.24, 2.45) is 18.9 Å². The molecule has 0 aliphatic rings. The van der Waals surface area contributed by atoms with Crippen LogP contribution in [-0.2, 0) is 13.5 Å². The fourth-order valence-corrected chi connectivity index (χ4v) is 1.72. The zero-order valence-electron chi connectivity index (χ0n) is 10.9.